The number of amides is 1. The summed E-state index contributed by atoms with van der Waals surface area (Å²) in [5.74, 6) is -0.0664. The highest BCUT2D eigenvalue weighted by Gasteiger charge is 2.18. The van der Waals surface area contributed by atoms with Gasteiger partial charge < -0.3 is 11.1 Å². The van der Waals surface area contributed by atoms with Crippen molar-refractivity contribution in [1.29, 1.82) is 0 Å². The molecule has 0 saturated heterocycles. The molecule has 1 heterocycles. The van der Waals surface area contributed by atoms with Gasteiger partial charge in [-0.1, -0.05) is 13.8 Å². The van der Waals surface area contributed by atoms with Crippen molar-refractivity contribution in [3.8, 4) is 0 Å². The Morgan fingerprint density at radius 3 is 2.72 bits per heavy atom. The number of rotatable bonds is 6. The van der Waals surface area contributed by atoms with E-state index in [-0.39, 0.29) is 11.3 Å². The molecule has 0 spiro atoms. The molecule has 1 amide bonds. The molecule has 1 rings (SSSR count). The molecule has 100 valence electrons. The Hall–Kier alpha value is -1.42. The van der Waals surface area contributed by atoms with Crippen molar-refractivity contribution in [3.63, 3.8) is 0 Å². The maximum absolute atomic E-state index is 11.9. The highest BCUT2D eigenvalue weighted by molar-refractivity contribution is 5.93. The first-order chi connectivity index (χ1) is 8.44. The number of carbonyl (C=O) groups is 1. The van der Waals surface area contributed by atoms with E-state index in [1.807, 2.05) is 13.0 Å². The third-order valence-electron chi connectivity index (χ3n) is 2.96. The lowest BCUT2D eigenvalue weighted by atomic mass is 9.87. The van der Waals surface area contributed by atoms with Gasteiger partial charge >= 0.3 is 0 Å². The van der Waals surface area contributed by atoms with Crippen LogP contribution >= 0.6 is 0 Å². The zero-order valence-corrected chi connectivity index (χ0v) is 11.5. The molecule has 4 nitrogen and oxygen atoms in total. The number of hydrogen-bond donors (Lipinski definition) is 2. The Morgan fingerprint density at radius 2 is 2.17 bits per heavy atom. The van der Waals surface area contributed by atoms with Crippen molar-refractivity contribution < 1.29 is 4.79 Å². The number of aromatic nitrogens is 1. The van der Waals surface area contributed by atoms with Crippen molar-refractivity contribution in [2.45, 2.75) is 33.6 Å². The van der Waals surface area contributed by atoms with Gasteiger partial charge in [0.1, 0.15) is 0 Å². The first-order valence-electron chi connectivity index (χ1n) is 6.35. The zero-order chi connectivity index (χ0) is 13.6. The van der Waals surface area contributed by atoms with Gasteiger partial charge in [-0.2, -0.15) is 0 Å². The standard InChI is InChI=1S/C14H23N3O/c1-11-5-6-12(9-16-11)13(18)17-10-14(2,3)7-4-8-15/h5-6,9H,4,7-8,10,15H2,1-3H3,(H,17,18). The third-order valence-corrected chi connectivity index (χ3v) is 2.96. The molecule has 0 aliphatic rings. The van der Waals surface area contributed by atoms with Gasteiger partial charge in [-0.25, -0.2) is 0 Å². The van der Waals surface area contributed by atoms with Gasteiger partial charge in [0.25, 0.3) is 5.91 Å². The van der Waals surface area contributed by atoms with E-state index in [4.69, 9.17) is 5.73 Å². The molecule has 0 unspecified atom stereocenters. The van der Waals surface area contributed by atoms with Crippen LogP contribution in [0.3, 0.4) is 0 Å². The minimum Gasteiger partial charge on any atom is -0.351 e. The zero-order valence-electron chi connectivity index (χ0n) is 11.5. The quantitative estimate of drug-likeness (QED) is 0.809. The summed E-state index contributed by atoms with van der Waals surface area (Å²) in [7, 11) is 0. The van der Waals surface area contributed by atoms with Gasteiger partial charge in [0.05, 0.1) is 5.56 Å². The summed E-state index contributed by atoms with van der Waals surface area (Å²) in [5.41, 5.74) is 7.10. The Balaban J connectivity index is 2.48. The summed E-state index contributed by atoms with van der Waals surface area (Å²) in [5, 5.41) is 2.95. The molecule has 1 aromatic heterocycles. The Bertz CT molecular complexity index is 385. The lowest BCUT2D eigenvalue weighted by Gasteiger charge is -2.24. The Kier molecular flexibility index (Phi) is 5.28. The van der Waals surface area contributed by atoms with Crippen molar-refractivity contribution in [1.82, 2.24) is 10.3 Å². The van der Waals surface area contributed by atoms with Crippen LogP contribution < -0.4 is 11.1 Å². The molecule has 0 radical (unpaired) electrons. The summed E-state index contributed by atoms with van der Waals surface area (Å²) in [6, 6.07) is 3.64. The highest BCUT2D eigenvalue weighted by Crippen LogP contribution is 2.20. The van der Waals surface area contributed by atoms with Gasteiger partial charge in [-0.15, -0.1) is 0 Å². The van der Waals surface area contributed by atoms with Crippen LogP contribution in [0.4, 0.5) is 0 Å². The van der Waals surface area contributed by atoms with Gasteiger partial charge in [0.15, 0.2) is 0 Å². The normalized spacial score (nSPS) is 11.3. The molecule has 0 aromatic carbocycles. The summed E-state index contributed by atoms with van der Waals surface area (Å²) in [6.45, 7) is 7.52. The summed E-state index contributed by atoms with van der Waals surface area (Å²) in [4.78, 5) is 16.0. The Labute approximate surface area is 109 Å². The average Bonchev–Trinajstić information content (AvgIpc) is 2.35. The SMILES string of the molecule is Cc1ccc(C(=O)NCC(C)(C)CCCN)cn1. The number of nitrogens with zero attached hydrogens (tertiary/aromatic N) is 1. The fourth-order valence-corrected chi connectivity index (χ4v) is 1.69. The van der Waals surface area contributed by atoms with E-state index in [1.165, 1.54) is 0 Å². The molecule has 0 atom stereocenters. The fraction of sp³-hybridized carbons (Fsp3) is 0.571. The van der Waals surface area contributed by atoms with Crippen LogP contribution in [0.2, 0.25) is 0 Å². The van der Waals surface area contributed by atoms with E-state index in [2.05, 4.69) is 24.1 Å². The minimum atomic E-state index is -0.0664. The van der Waals surface area contributed by atoms with E-state index >= 15 is 0 Å². The summed E-state index contributed by atoms with van der Waals surface area (Å²) < 4.78 is 0. The van der Waals surface area contributed by atoms with Crippen molar-refractivity contribution in [2.24, 2.45) is 11.1 Å². The van der Waals surface area contributed by atoms with Crippen LogP contribution in [0.15, 0.2) is 18.3 Å². The molecule has 0 fully saturated rings. The lowest BCUT2D eigenvalue weighted by Crippen LogP contribution is -2.34. The second kappa shape index (κ2) is 6.50. The minimum absolute atomic E-state index is 0.0664. The van der Waals surface area contributed by atoms with Gasteiger partial charge in [-0.3, -0.25) is 9.78 Å². The van der Waals surface area contributed by atoms with E-state index < -0.39 is 0 Å². The van der Waals surface area contributed by atoms with E-state index in [1.54, 1.807) is 12.3 Å². The number of carbonyl (C=O) groups excluding carboxylic acids is 1. The van der Waals surface area contributed by atoms with Crippen molar-refractivity contribution >= 4 is 5.91 Å². The average molecular weight is 249 g/mol. The molecule has 0 bridgehead atoms. The van der Waals surface area contributed by atoms with Crippen LogP contribution in [0, 0.1) is 12.3 Å². The predicted octanol–water partition coefficient (Wildman–Crippen LogP) is 1.88. The maximum atomic E-state index is 11.9. The van der Waals surface area contributed by atoms with Crippen LogP contribution in [0.25, 0.3) is 0 Å². The highest BCUT2D eigenvalue weighted by atomic mass is 16.1. The molecular weight excluding hydrogens is 226 g/mol. The summed E-state index contributed by atoms with van der Waals surface area (Å²) >= 11 is 0. The number of nitrogens with two attached hydrogens (primary N) is 1. The van der Waals surface area contributed by atoms with E-state index in [9.17, 15) is 4.79 Å². The fourth-order valence-electron chi connectivity index (χ4n) is 1.69. The van der Waals surface area contributed by atoms with Crippen molar-refractivity contribution in [2.75, 3.05) is 13.1 Å². The second-order valence-electron chi connectivity index (χ2n) is 5.43. The van der Waals surface area contributed by atoms with Crippen molar-refractivity contribution in [3.05, 3.63) is 29.6 Å². The molecular formula is C14H23N3O. The van der Waals surface area contributed by atoms with Gasteiger partial charge in [-0.05, 0) is 43.9 Å². The van der Waals surface area contributed by atoms with Crippen LogP contribution in [0.1, 0.15) is 42.7 Å². The number of pyridine rings is 1. The topological polar surface area (TPSA) is 68.0 Å². The molecule has 0 aliphatic carbocycles. The summed E-state index contributed by atoms with van der Waals surface area (Å²) in [6.07, 6.45) is 3.60. The van der Waals surface area contributed by atoms with Gasteiger partial charge in [0.2, 0.25) is 0 Å². The maximum Gasteiger partial charge on any atom is 0.252 e. The van der Waals surface area contributed by atoms with E-state index in [0.29, 0.717) is 18.7 Å². The smallest absolute Gasteiger partial charge is 0.252 e. The molecule has 4 heteroatoms. The molecule has 18 heavy (non-hydrogen) atoms. The molecule has 3 N–H and O–H groups in total. The largest absolute Gasteiger partial charge is 0.351 e. The first kappa shape index (κ1) is 14.6. The molecule has 0 aliphatic heterocycles. The van der Waals surface area contributed by atoms with E-state index in [0.717, 1.165) is 18.5 Å². The third kappa shape index (κ3) is 4.84. The Morgan fingerprint density at radius 1 is 1.44 bits per heavy atom. The van der Waals surface area contributed by atoms with Gasteiger partial charge in [0, 0.05) is 18.4 Å². The first-order valence-corrected chi connectivity index (χ1v) is 6.35. The monoisotopic (exact) mass is 249 g/mol. The second-order valence-corrected chi connectivity index (χ2v) is 5.43. The van der Waals surface area contributed by atoms with Crippen LogP contribution in [-0.2, 0) is 0 Å². The molecule has 0 saturated carbocycles. The lowest BCUT2D eigenvalue weighted by molar-refractivity contribution is 0.0934. The van der Waals surface area contributed by atoms with Crippen LogP contribution in [0.5, 0.6) is 0 Å². The number of nitrogens with one attached hydrogen (secondary N) is 1. The number of aryl methyl sites for hydroxylation is 1. The number of hydrogen-bond acceptors (Lipinski definition) is 3. The predicted molar refractivity (Wildman–Crippen MR) is 73.4 cm³/mol. The van der Waals surface area contributed by atoms with Crippen LogP contribution in [-0.4, -0.2) is 24.0 Å². The molecule has 1 aromatic rings.